The van der Waals surface area contributed by atoms with E-state index < -0.39 is 0 Å². The van der Waals surface area contributed by atoms with Gasteiger partial charge in [0.25, 0.3) is 0 Å². The van der Waals surface area contributed by atoms with Crippen molar-refractivity contribution >= 4 is 52.1 Å². The zero-order chi connectivity index (χ0) is 13.3. The number of hydrogen-bond donors (Lipinski definition) is 1. The highest BCUT2D eigenvalue weighted by Crippen LogP contribution is 2.37. The van der Waals surface area contributed by atoms with Gasteiger partial charge in [-0.1, -0.05) is 46.4 Å². The molecule has 0 saturated heterocycles. The normalized spacial score (nSPS) is 10.4. The lowest BCUT2D eigenvalue weighted by Gasteiger charge is -2.09. The third-order valence-corrected chi connectivity index (χ3v) is 3.25. The van der Waals surface area contributed by atoms with E-state index >= 15 is 0 Å². The van der Waals surface area contributed by atoms with Crippen molar-refractivity contribution in [1.82, 2.24) is 4.98 Å². The van der Waals surface area contributed by atoms with Crippen molar-refractivity contribution in [3.05, 3.63) is 44.5 Å². The third kappa shape index (κ3) is 2.93. The molecule has 0 aliphatic carbocycles. The minimum atomic E-state index is 0.194. The van der Waals surface area contributed by atoms with Crippen LogP contribution in [-0.2, 0) is 0 Å². The van der Waals surface area contributed by atoms with Crippen molar-refractivity contribution in [2.45, 2.75) is 0 Å². The second-order valence-corrected chi connectivity index (χ2v) is 5.00. The number of ether oxygens (including phenoxy) is 1. The summed E-state index contributed by atoms with van der Waals surface area (Å²) in [5, 5.41) is 1.38. The van der Waals surface area contributed by atoms with Crippen molar-refractivity contribution in [3.8, 4) is 11.6 Å². The molecule has 7 heteroatoms. The van der Waals surface area contributed by atoms with Gasteiger partial charge in [-0.05, 0) is 12.1 Å². The number of hydrogen-bond acceptors (Lipinski definition) is 3. The van der Waals surface area contributed by atoms with E-state index in [9.17, 15) is 0 Å². The molecular weight excluding hydrogens is 318 g/mol. The molecule has 2 rings (SSSR count). The maximum absolute atomic E-state index is 5.97. The van der Waals surface area contributed by atoms with Crippen LogP contribution >= 0.6 is 46.4 Å². The number of nitrogens with zero attached hydrogens (tertiary/aromatic N) is 1. The van der Waals surface area contributed by atoms with E-state index in [0.29, 0.717) is 31.5 Å². The van der Waals surface area contributed by atoms with Crippen LogP contribution in [0.5, 0.6) is 11.6 Å². The summed E-state index contributed by atoms with van der Waals surface area (Å²) < 4.78 is 5.46. The molecule has 1 heterocycles. The van der Waals surface area contributed by atoms with Gasteiger partial charge in [-0.25, -0.2) is 4.98 Å². The second kappa shape index (κ2) is 5.41. The van der Waals surface area contributed by atoms with Crippen molar-refractivity contribution in [3.63, 3.8) is 0 Å². The fourth-order valence-electron chi connectivity index (χ4n) is 1.21. The Morgan fingerprint density at radius 3 is 2.28 bits per heavy atom. The van der Waals surface area contributed by atoms with Gasteiger partial charge in [-0.3, -0.25) is 0 Å². The zero-order valence-electron chi connectivity index (χ0n) is 8.75. The molecule has 2 aromatic rings. The van der Waals surface area contributed by atoms with Crippen molar-refractivity contribution in [2.24, 2.45) is 0 Å². The number of nitrogens with two attached hydrogens (primary N) is 1. The summed E-state index contributed by atoms with van der Waals surface area (Å²) in [4.78, 5) is 3.95. The van der Waals surface area contributed by atoms with E-state index in [4.69, 9.17) is 56.9 Å². The molecule has 1 aromatic carbocycles. The van der Waals surface area contributed by atoms with Gasteiger partial charge < -0.3 is 10.5 Å². The Bertz CT molecular complexity index is 604. The van der Waals surface area contributed by atoms with E-state index in [1.807, 2.05) is 0 Å². The lowest BCUT2D eigenvalue weighted by Crippen LogP contribution is -1.95. The molecular formula is C11H6Cl4N2O. The standard InChI is InChI=1S/C11H6Cl4N2O/c12-5-1-9(16)11(17-4-5)18-10-3-7(14)6(13)2-8(10)15/h1-4H,16H2. The third-order valence-electron chi connectivity index (χ3n) is 2.03. The van der Waals surface area contributed by atoms with Crippen molar-refractivity contribution in [1.29, 1.82) is 0 Å². The predicted molar refractivity (Wildman–Crippen MR) is 75.2 cm³/mol. The van der Waals surface area contributed by atoms with Gasteiger partial charge in [0, 0.05) is 12.3 Å². The molecule has 3 nitrogen and oxygen atoms in total. The Kier molecular flexibility index (Phi) is 4.07. The van der Waals surface area contributed by atoms with Crippen LogP contribution in [0.4, 0.5) is 5.69 Å². The maximum Gasteiger partial charge on any atom is 0.242 e. The summed E-state index contributed by atoms with van der Waals surface area (Å²) in [7, 11) is 0. The molecule has 2 N–H and O–H groups in total. The molecule has 0 unspecified atom stereocenters. The Labute approximate surface area is 123 Å². The SMILES string of the molecule is Nc1cc(Cl)cnc1Oc1cc(Cl)c(Cl)cc1Cl. The van der Waals surface area contributed by atoms with Gasteiger partial charge in [-0.2, -0.15) is 0 Å². The van der Waals surface area contributed by atoms with Crippen LogP contribution in [-0.4, -0.2) is 4.98 Å². The maximum atomic E-state index is 5.97. The molecule has 0 saturated carbocycles. The summed E-state index contributed by atoms with van der Waals surface area (Å²) >= 11 is 23.4. The lowest BCUT2D eigenvalue weighted by atomic mass is 10.3. The van der Waals surface area contributed by atoms with Crippen LogP contribution in [0.3, 0.4) is 0 Å². The van der Waals surface area contributed by atoms with E-state index in [1.54, 1.807) is 0 Å². The monoisotopic (exact) mass is 322 g/mol. The van der Waals surface area contributed by atoms with Crippen LogP contribution in [0.15, 0.2) is 24.4 Å². The highest BCUT2D eigenvalue weighted by molar-refractivity contribution is 6.43. The number of aromatic nitrogens is 1. The number of pyridine rings is 1. The van der Waals surface area contributed by atoms with Crippen LogP contribution in [0.2, 0.25) is 20.1 Å². The zero-order valence-corrected chi connectivity index (χ0v) is 11.8. The number of halogens is 4. The number of anilines is 1. The summed E-state index contributed by atoms with van der Waals surface area (Å²) in [5.41, 5.74) is 6.01. The first kappa shape index (κ1) is 13.6. The molecule has 94 valence electrons. The Morgan fingerprint density at radius 2 is 1.61 bits per heavy atom. The quantitative estimate of drug-likeness (QED) is 0.785. The van der Waals surface area contributed by atoms with Gasteiger partial charge in [0.2, 0.25) is 5.88 Å². The average Bonchev–Trinajstić information content (AvgIpc) is 2.29. The molecule has 0 amide bonds. The van der Waals surface area contributed by atoms with Gasteiger partial charge in [0.1, 0.15) is 5.75 Å². The van der Waals surface area contributed by atoms with Gasteiger partial charge in [-0.15, -0.1) is 0 Å². The van der Waals surface area contributed by atoms with Crippen LogP contribution < -0.4 is 10.5 Å². The molecule has 0 aliphatic heterocycles. The number of rotatable bonds is 2. The van der Waals surface area contributed by atoms with Crippen molar-refractivity contribution in [2.75, 3.05) is 5.73 Å². The largest absolute Gasteiger partial charge is 0.435 e. The molecule has 0 fully saturated rings. The Morgan fingerprint density at radius 1 is 0.944 bits per heavy atom. The highest BCUT2D eigenvalue weighted by Gasteiger charge is 2.11. The van der Waals surface area contributed by atoms with E-state index in [0.717, 1.165) is 0 Å². The molecule has 0 radical (unpaired) electrons. The Hall–Kier alpha value is -0.870. The van der Waals surface area contributed by atoms with Crippen LogP contribution in [0, 0.1) is 0 Å². The minimum Gasteiger partial charge on any atom is -0.435 e. The lowest BCUT2D eigenvalue weighted by molar-refractivity contribution is 0.466. The molecule has 1 aromatic heterocycles. The molecule has 0 aliphatic rings. The molecule has 18 heavy (non-hydrogen) atoms. The summed E-state index contributed by atoms with van der Waals surface area (Å²) in [6, 6.07) is 4.49. The topological polar surface area (TPSA) is 48.1 Å². The first-order chi connectivity index (χ1) is 8.47. The second-order valence-electron chi connectivity index (χ2n) is 3.35. The van der Waals surface area contributed by atoms with Gasteiger partial charge in [0.05, 0.1) is 25.8 Å². The fraction of sp³-hybridized carbons (Fsp3) is 0. The fourth-order valence-corrected chi connectivity index (χ4v) is 1.96. The van der Waals surface area contributed by atoms with E-state index in [-0.39, 0.29) is 5.88 Å². The average molecular weight is 324 g/mol. The summed E-state index contributed by atoms with van der Waals surface area (Å²) in [6.07, 6.45) is 1.42. The first-order valence-corrected chi connectivity index (χ1v) is 6.22. The Balaban J connectivity index is 2.37. The predicted octanol–water partition coefficient (Wildman–Crippen LogP) is 5.07. The summed E-state index contributed by atoms with van der Waals surface area (Å²) in [6.45, 7) is 0. The van der Waals surface area contributed by atoms with E-state index in [1.165, 1.54) is 24.4 Å². The first-order valence-electron chi connectivity index (χ1n) is 4.71. The van der Waals surface area contributed by atoms with Crippen molar-refractivity contribution < 1.29 is 4.74 Å². The van der Waals surface area contributed by atoms with Gasteiger partial charge in [0.15, 0.2) is 0 Å². The van der Waals surface area contributed by atoms with E-state index in [2.05, 4.69) is 4.98 Å². The smallest absolute Gasteiger partial charge is 0.242 e. The minimum absolute atomic E-state index is 0.194. The molecule has 0 spiro atoms. The van der Waals surface area contributed by atoms with Gasteiger partial charge >= 0.3 is 0 Å². The number of nitrogen functional groups attached to an aromatic ring is 1. The molecule has 0 atom stereocenters. The molecule has 0 bridgehead atoms. The van der Waals surface area contributed by atoms with Crippen LogP contribution in [0.25, 0.3) is 0 Å². The highest BCUT2D eigenvalue weighted by atomic mass is 35.5. The summed E-state index contributed by atoms with van der Waals surface area (Å²) in [5.74, 6) is 0.507. The number of benzene rings is 1. The van der Waals surface area contributed by atoms with Crippen LogP contribution in [0.1, 0.15) is 0 Å².